The molecule has 4 atom stereocenters. The average Bonchev–Trinajstić information content (AvgIpc) is 2.45. The Balaban J connectivity index is 4.35. The first-order chi connectivity index (χ1) is 11.0. The van der Waals surface area contributed by atoms with Crippen LogP contribution in [0, 0.1) is 0 Å². The van der Waals surface area contributed by atoms with E-state index in [4.69, 9.17) is 0 Å². The van der Waals surface area contributed by atoms with Crippen molar-refractivity contribution in [1.82, 2.24) is 24.5 Å². The summed E-state index contributed by atoms with van der Waals surface area (Å²) in [4.78, 5) is 12.0. The predicted molar refractivity (Wildman–Crippen MR) is 108 cm³/mol. The van der Waals surface area contributed by atoms with Gasteiger partial charge >= 0.3 is 0 Å². The lowest BCUT2D eigenvalue weighted by atomic mass is 10.2. The molecule has 0 aromatic carbocycles. The Labute approximate surface area is 152 Å². The first kappa shape index (κ1) is 23.8. The predicted octanol–water partition coefficient (Wildman–Crippen LogP) is 1.46. The summed E-state index contributed by atoms with van der Waals surface area (Å²) >= 11 is 0. The second kappa shape index (κ2) is 11.4. The summed E-state index contributed by atoms with van der Waals surface area (Å²) in [5, 5.41) is 0. The van der Waals surface area contributed by atoms with E-state index < -0.39 is 0 Å². The summed E-state index contributed by atoms with van der Waals surface area (Å²) in [6.07, 6.45) is 0. The van der Waals surface area contributed by atoms with Gasteiger partial charge in [-0.25, -0.2) is 0 Å². The van der Waals surface area contributed by atoms with Crippen molar-refractivity contribution in [3.8, 4) is 0 Å². The zero-order valence-corrected chi connectivity index (χ0v) is 18.4. The van der Waals surface area contributed by atoms with E-state index in [0.717, 1.165) is 26.2 Å². The molecule has 24 heavy (non-hydrogen) atoms. The van der Waals surface area contributed by atoms with E-state index in [1.165, 1.54) is 0 Å². The molecule has 0 bridgehead atoms. The Bertz CT molecular complexity index is 321. The minimum absolute atomic E-state index is 0.557. The van der Waals surface area contributed by atoms with Crippen LogP contribution in [0.5, 0.6) is 0 Å². The fourth-order valence-electron chi connectivity index (χ4n) is 2.90. The molecule has 0 amide bonds. The van der Waals surface area contributed by atoms with E-state index in [1.807, 2.05) is 0 Å². The highest BCUT2D eigenvalue weighted by atomic mass is 15.3. The van der Waals surface area contributed by atoms with Gasteiger partial charge in [-0.15, -0.1) is 0 Å². The Morgan fingerprint density at radius 1 is 0.458 bits per heavy atom. The van der Waals surface area contributed by atoms with Crippen molar-refractivity contribution in [2.75, 3.05) is 75.5 Å². The molecule has 5 heteroatoms. The molecule has 0 fully saturated rings. The molecule has 0 spiro atoms. The molecule has 0 aromatic heterocycles. The molecule has 4 unspecified atom stereocenters. The fourth-order valence-corrected chi connectivity index (χ4v) is 2.90. The third-order valence-electron chi connectivity index (χ3n) is 5.42. The molecule has 0 aliphatic carbocycles. The summed E-state index contributed by atoms with van der Waals surface area (Å²) in [7, 11) is 15.3. The topological polar surface area (TPSA) is 16.2 Å². The molecule has 5 nitrogen and oxygen atoms in total. The van der Waals surface area contributed by atoms with E-state index >= 15 is 0 Å². The molecule has 0 N–H and O–H groups in total. The molecular formula is C19H45N5. The third kappa shape index (κ3) is 9.33. The van der Waals surface area contributed by atoms with Crippen molar-refractivity contribution in [1.29, 1.82) is 0 Å². The minimum atomic E-state index is 0.557. The quantitative estimate of drug-likeness (QED) is 0.532. The van der Waals surface area contributed by atoms with Crippen LogP contribution in [0.1, 0.15) is 27.7 Å². The van der Waals surface area contributed by atoms with Crippen LogP contribution in [-0.4, -0.2) is 124 Å². The van der Waals surface area contributed by atoms with Crippen LogP contribution in [0.3, 0.4) is 0 Å². The normalized spacial score (nSPS) is 18.0. The second-order valence-electron chi connectivity index (χ2n) is 8.44. The van der Waals surface area contributed by atoms with Crippen LogP contribution in [0.15, 0.2) is 0 Å². The summed E-state index contributed by atoms with van der Waals surface area (Å²) in [6.45, 7) is 13.7. The Morgan fingerprint density at radius 3 is 1.04 bits per heavy atom. The van der Waals surface area contributed by atoms with Gasteiger partial charge in [0.15, 0.2) is 0 Å². The van der Waals surface area contributed by atoms with E-state index in [9.17, 15) is 0 Å². The second-order valence-corrected chi connectivity index (χ2v) is 8.44. The van der Waals surface area contributed by atoms with Crippen molar-refractivity contribution in [2.45, 2.75) is 51.9 Å². The van der Waals surface area contributed by atoms with Crippen molar-refractivity contribution < 1.29 is 0 Å². The maximum atomic E-state index is 2.50. The van der Waals surface area contributed by atoms with Crippen LogP contribution in [0.25, 0.3) is 0 Å². The van der Waals surface area contributed by atoms with Crippen molar-refractivity contribution in [3.05, 3.63) is 0 Å². The molecule has 0 saturated carbocycles. The molecule has 0 aromatic rings. The van der Waals surface area contributed by atoms with Crippen LogP contribution < -0.4 is 0 Å². The van der Waals surface area contributed by atoms with Gasteiger partial charge < -0.3 is 24.5 Å². The standard InChI is InChI=1S/C19H45N5/c1-16(21(7)8)13-22(9)18(3)15-24(11)19(4)14-23(10)17(2)12-20(5)6/h16-19H,12-15H2,1-11H3. The molecule has 0 aliphatic heterocycles. The van der Waals surface area contributed by atoms with Gasteiger partial charge in [0.05, 0.1) is 0 Å². The fraction of sp³-hybridized carbons (Fsp3) is 1.00. The van der Waals surface area contributed by atoms with Gasteiger partial charge in [0.2, 0.25) is 0 Å². The van der Waals surface area contributed by atoms with Crippen molar-refractivity contribution in [3.63, 3.8) is 0 Å². The number of rotatable bonds is 12. The highest BCUT2D eigenvalue weighted by Crippen LogP contribution is 2.07. The van der Waals surface area contributed by atoms with Gasteiger partial charge in [0.25, 0.3) is 0 Å². The summed E-state index contributed by atoms with van der Waals surface area (Å²) < 4.78 is 0. The maximum absolute atomic E-state index is 2.50. The molecule has 0 radical (unpaired) electrons. The summed E-state index contributed by atoms with van der Waals surface area (Å²) in [5.74, 6) is 0. The average molecular weight is 344 g/mol. The Morgan fingerprint density at radius 2 is 0.750 bits per heavy atom. The monoisotopic (exact) mass is 343 g/mol. The van der Waals surface area contributed by atoms with E-state index in [0.29, 0.717) is 24.2 Å². The van der Waals surface area contributed by atoms with E-state index in [1.54, 1.807) is 0 Å². The highest BCUT2D eigenvalue weighted by Gasteiger charge is 2.20. The number of hydrogen-bond acceptors (Lipinski definition) is 5. The Hall–Kier alpha value is -0.200. The summed E-state index contributed by atoms with van der Waals surface area (Å²) in [6, 6.07) is 2.28. The highest BCUT2D eigenvalue weighted by molar-refractivity contribution is 4.77. The van der Waals surface area contributed by atoms with Gasteiger partial charge in [0, 0.05) is 50.3 Å². The number of nitrogens with zero attached hydrogens (tertiary/aromatic N) is 5. The van der Waals surface area contributed by atoms with Gasteiger partial charge in [-0.2, -0.15) is 0 Å². The maximum Gasteiger partial charge on any atom is 0.0192 e. The lowest BCUT2D eigenvalue weighted by Crippen LogP contribution is -2.49. The zero-order valence-electron chi connectivity index (χ0n) is 18.4. The van der Waals surface area contributed by atoms with Gasteiger partial charge in [-0.1, -0.05) is 0 Å². The lowest BCUT2D eigenvalue weighted by Gasteiger charge is -2.37. The van der Waals surface area contributed by atoms with Crippen molar-refractivity contribution in [2.24, 2.45) is 0 Å². The molecule has 146 valence electrons. The Kier molecular flexibility index (Phi) is 11.3. The van der Waals surface area contributed by atoms with Gasteiger partial charge in [-0.3, -0.25) is 0 Å². The van der Waals surface area contributed by atoms with Crippen molar-refractivity contribution >= 4 is 0 Å². The van der Waals surface area contributed by atoms with Crippen LogP contribution in [0.2, 0.25) is 0 Å². The molecular weight excluding hydrogens is 298 g/mol. The van der Waals surface area contributed by atoms with Crippen LogP contribution >= 0.6 is 0 Å². The first-order valence-corrected chi connectivity index (χ1v) is 9.37. The molecule has 0 heterocycles. The zero-order chi connectivity index (χ0) is 19.0. The van der Waals surface area contributed by atoms with Crippen LogP contribution in [-0.2, 0) is 0 Å². The van der Waals surface area contributed by atoms with Gasteiger partial charge in [0.1, 0.15) is 0 Å². The third-order valence-corrected chi connectivity index (χ3v) is 5.42. The minimum Gasteiger partial charge on any atom is -0.308 e. The van der Waals surface area contributed by atoms with Crippen LogP contribution in [0.4, 0.5) is 0 Å². The smallest absolute Gasteiger partial charge is 0.0192 e. The summed E-state index contributed by atoms with van der Waals surface area (Å²) in [5.41, 5.74) is 0. The first-order valence-electron chi connectivity index (χ1n) is 9.37. The SMILES string of the molecule is CC(CN(C)C(C)CN(C)C(C)CN(C)C(C)CN(C)C)N(C)C. The molecule has 0 rings (SSSR count). The number of hydrogen-bond donors (Lipinski definition) is 0. The lowest BCUT2D eigenvalue weighted by molar-refractivity contribution is 0.112. The molecule has 0 aliphatic rings. The molecule has 0 saturated heterocycles. The largest absolute Gasteiger partial charge is 0.308 e. The number of likely N-dealkylation sites (N-methyl/N-ethyl adjacent to an activating group) is 5. The van der Waals surface area contributed by atoms with Gasteiger partial charge in [-0.05, 0) is 77.0 Å². The van der Waals surface area contributed by atoms with E-state index in [2.05, 4.69) is 102 Å². The van der Waals surface area contributed by atoms with E-state index in [-0.39, 0.29) is 0 Å².